The van der Waals surface area contributed by atoms with Crippen LogP contribution in [0.1, 0.15) is 30.1 Å². The van der Waals surface area contributed by atoms with Crippen molar-refractivity contribution in [2.75, 3.05) is 19.7 Å². The Morgan fingerprint density at radius 3 is 2.77 bits per heavy atom. The Morgan fingerprint density at radius 1 is 1.13 bits per heavy atom. The van der Waals surface area contributed by atoms with Crippen LogP contribution in [0.3, 0.4) is 0 Å². The molecule has 0 aliphatic carbocycles. The first-order chi connectivity index (χ1) is 15.2. The number of benzene rings is 1. The van der Waals surface area contributed by atoms with E-state index in [9.17, 15) is 9.59 Å². The van der Waals surface area contributed by atoms with Crippen LogP contribution in [0.4, 0.5) is 0 Å². The highest BCUT2D eigenvalue weighted by Gasteiger charge is 2.33. The number of likely N-dealkylation sites (tertiary alicyclic amines) is 1. The summed E-state index contributed by atoms with van der Waals surface area (Å²) in [6.07, 6.45) is 4.96. The van der Waals surface area contributed by atoms with E-state index in [1.807, 2.05) is 23.1 Å². The molecule has 1 aromatic carbocycles. The van der Waals surface area contributed by atoms with Crippen molar-refractivity contribution in [3.63, 3.8) is 0 Å². The zero-order valence-corrected chi connectivity index (χ0v) is 17.1. The highest BCUT2D eigenvalue weighted by atomic mass is 16.5. The number of carbonyl (C=O) groups is 1. The lowest BCUT2D eigenvalue weighted by Crippen LogP contribution is -2.43. The van der Waals surface area contributed by atoms with Crippen LogP contribution in [0.5, 0.6) is 0 Å². The molecule has 5 rings (SSSR count). The van der Waals surface area contributed by atoms with E-state index in [-0.39, 0.29) is 17.4 Å². The number of amides is 1. The van der Waals surface area contributed by atoms with Gasteiger partial charge in [-0.15, -0.1) is 5.10 Å². The SMILES string of the molecule is O=C(C1OCCc2ccccc21)N1CCC(Cn2nc(-n3cncn3)ccc2=O)CC1. The lowest BCUT2D eigenvalue weighted by Gasteiger charge is -2.35. The monoisotopic (exact) mass is 420 g/mol. The Kier molecular flexibility index (Phi) is 5.33. The maximum absolute atomic E-state index is 13.1. The standard InChI is InChI=1S/C22H24N6O3/c29-20-6-5-19(28-15-23-14-24-28)25-27(20)13-16-7-10-26(11-8-16)22(30)21-18-4-2-1-3-17(18)9-12-31-21/h1-6,14-16,21H,7-13H2. The third-order valence-corrected chi connectivity index (χ3v) is 6.08. The molecule has 0 spiro atoms. The predicted molar refractivity (Wildman–Crippen MR) is 112 cm³/mol. The average Bonchev–Trinajstić information content (AvgIpc) is 3.35. The number of nitrogens with zero attached hydrogens (tertiary/aromatic N) is 6. The smallest absolute Gasteiger partial charge is 0.266 e. The molecule has 31 heavy (non-hydrogen) atoms. The normalized spacial score (nSPS) is 19.2. The highest BCUT2D eigenvalue weighted by molar-refractivity contribution is 5.83. The van der Waals surface area contributed by atoms with Crippen molar-refractivity contribution in [3.8, 4) is 5.82 Å². The minimum atomic E-state index is -0.509. The summed E-state index contributed by atoms with van der Waals surface area (Å²) >= 11 is 0. The van der Waals surface area contributed by atoms with Crippen molar-refractivity contribution < 1.29 is 9.53 Å². The highest BCUT2D eigenvalue weighted by Crippen LogP contribution is 2.30. The van der Waals surface area contributed by atoms with Crippen LogP contribution in [0, 0.1) is 5.92 Å². The van der Waals surface area contributed by atoms with Gasteiger partial charge in [0.2, 0.25) is 0 Å². The fraction of sp³-hybridized carbons (Fsp3) is 0.409. The Bertz CT molecular complexity index is 1120. The minimum Gasteiger partial charge on any atom is -0.363 e. The maximum Gasteiger partial charge on any atom is 0.266 e. The van der Waals surface area contributed by atoms with Gasteiger partial charge in [0, 0.05) is 25.7 Å². The van der Waals surface area contributed by atoms with Crippen LogP contribution in [-0.4, -0.2) is 55.0 Å². The number of piperidine rings is 1. The second kappa shape index (κ2) is 8.43. The molecule has 9 heteroatoms. The van der Waals surface area contributed by atoms with Crippen molar-refractivity contribution in [3.05, 3.63) is 70.5 Å². The molecule has 1 unspecified atom stereocenters. The Balaban J connectivity index is 1.23. The summed E-state index contributed by atoms with van der Waals surface area (Å²) in [6.45, 7) is 2.40. The summed E-state index contributed by atoms with van der Waals surface area (Å²) in [6, 6.07) is 11.2. The first kappa shape index (κ1) is 19.6. The van der Waals surface area contributed by atoms with E-state index in [1.165, 1.54) is 27.3 Å². The van der Waals surface area contributed by atoms with Crippen LogP contribution in [0.25, 0.3) is 5.82 Å². The van der Waals surface area contributed by atoms with Gasteiger partial charge in [0.15, 0.2) is 11.9 Å². The fourth-order valence-electron chi connectivity index (χ4n) is 4.36. The molecule has 2 aliphatic heterocycles. The Labute approximate surface area is 179 Å². The van der Waals surface area contributed by atoms with Gasteiger partial charge in [0.1, 0.15) is 12.7 Å². The van der Waals surface area contributed by atoms with Gasteiger partial charge < -0.3 is 9.64 Å². The van der Waals surface area contributed by atoms with E-state index in [1.54, 1.807) is 12.4 Å². The topological polar surface area (TPSA) is 95.1 Å². The minimum absolute atomic E-state index is 0.0362. The number of carbonyl (C=O) groups excluding carboxylic acids is 1. The van der Waals surface area contributed by atoms with Crippen LogP contribution in [0.2, 0.25) is 0 Å². The molecule has 160 valence electrons. The molecule has 2 aromatic heterocycles. The molecule has 3 aromatic rings. The van der Waals surface area contributed by atoms with Crippen molar-refractivity contribution in [1.29, 1.82) is 0 Å². The van der Waals surface area contributed by atoms with Crippen LogP contribution in [-0.2, 0) is 22.5 Å². The summed E-state index contributed by atoms with van der Waals surface area (Å²) in [5.41, 5.74) is 2.04. The Hall–Kier alpha value is -3.33. The summed E-state index contributed by atoms with van der Waals surface area (Å²) in [7, 11) is 0. The quantitative estimate of drug-likeness (QED) is 0.633. The number of fused-ring (bicyclic) bond motifs is 1. The summed E-state index contributed by atoms with van der Waals surface area (Å²) in [5.74, 6) is 0.867. The summed E-state index contributed by atoms with van der Waals surface area (Å²) in [5, 5.41) is 8.49. The van der Waals surface area contributed by atoms with Crippen molar-refractivity contribution >= 4 is 5.91 Å². The van der Waals surface area contributed by atoms with E-state index < -0.39 is 6.10 Å². The van der Waals surface area contributed by atoms with Gasteiger partial charge in [-0.25, -0.2) is 14.3 Å². The predicted octanol–water partition coefficient (Wildman–Crippen LogP) is 1.38. The molecule has 1 amide bonds. The second-order valence-electron chi connectivity index (χ2n) is 8.02. The van der Waals surface area contributed by atoms with Gasteiger partial charge in [-0.1, -0.05) is 24.3 Å². The summed E-state index contributed by atoms with van der Waals surface area (Å²) in [4.78, 5) is 31.2. The molecule has 1 saturated heterocycles. The molecule has 0 N–H and O–H groups in total. The first-order valence-corrected chi connectivity index (χ1v) is 10.6. The number of hydrogen-bond acceptors (Lipinski definition) is 6. The number of hydrogen-bond donors (Lipinski definition) is 0. The second-order valence-corrected chi connectivity index (χ2v) is 8.02. The van der Waals surface area contributed by atoms with E-state index in [2.05, 4.69) is 21.2 Å². The van der Waals surface area contributed by atoms with E-state index in [0.29, 0.717) is 32.1 Å². The maximum atomic E-state index is 13.1. The van der Waals surface area contributed by atoms with Gasteiger partial charge in [-0.2, -0.15) is 5.10 Å². The Morgan fingerprint density at radius 2 is 1.97 bits per heavy atom. The molecule has 4 heterocycles. The van der Waals surface area contributed by atoms with Gasteiger partial charge >= 0.3 is 0 Å². The van der Waals surface area contributed by atoms with Crippen molar-refractivity contribution in [1.82, 2.24) is 29.4 Å². The van der Waals surface area contributed by atoms with Gasteiger partial charge in [0.05, 0.1) is 6.61 Å². The van der Waals surface area contributed by atoms with Crippen LogP contribution in [0.15, 0.2) is 53.8 Å². The van der Waals surface area contributed by atoms with Crippen LogP contribution >= 0.6 is 0 Å². The van der Waals surface area contributed by atoms with E-state index >= 15 is 0 Å². The molecule has 0 radical (unpaired) electrons. The molecule has 0 saturated carbocycles. The lowest BCUT2D eigenvalue weighted by molar-refractivity contribution is -0.146. The largest absolute Gasteiger partial charge is 0.363 e. The third-order valence-electron chi connectivity index (χ3n) is 6.08. The number of aromatic nitrogens is 5. The zero-order chi connectivity index (χ0) is 21.2. The van der Waals surface area contributed by atoms with Gasteiger partial charge in [0.25, 0.3) is 11.5 Å². The molecule has 1 fully saturated rings. The molecule has 0 bridgehead atoms. The molecule has 1 atom stereocenters. The molecular weight excluding hydrogens is 396 g/mol. The average molecular weight is 420 g/mol. The number of rotatable bonds is 4. The van der Waals surface area contributed by atoms with Crippen molar-refractivity contribution in [2.45, 2.75) is 31.9 Å². The third kappa shape index (κ3) is 4.00. The zero-order valence-electron chi connectivity index (χ0n) is 17.1. The van der Waals surface area contributed by atoms with E-state index in [4.69, 9.17) is 4.74 Å². The van der Waals surface area contributed by atoms with Gasteiger partial charge in [-0.05, 0) is 42.4 Å². The molecular formula is C22H24N6O3. The molecule has 2 aliphatic rings. The first-order valence-electron chi connectivity index (χ1n) is 10.6. The summed E-state index contributed by atoms with van der Waals surface area (Å²) < 4.78 is 8.86. The molecule has 9 nitrogen and oxygen atoms in total. The number of ether oxygens (including phenoxy) is 1. The van der Waals surface area contributed by atoms with Gasteiger partial charge in [-0.3, -0.25) is 9.59 Å². The lowest BCUT2D eigenvalue weighted by atomic mass is 9.94. The van der Waals surface area contributed by atoms with Crippen molar-refractivity contribution in [2.24, 2.45) is 5.92 Å². The van der Waals surface area contributed by atoms with E-state index in [0.717, 1.165) is 24.8 Å². The van der Waals surface area contributed by atoms with Crippen LogP contribution < -0.4 is 5.56 Å². The fourth-order valence-corrected chi connectivity index (χ4v) is 4.36.